The lowest BCUT2D eigenvalue weighted by molar-refractivity contribution is 0.419. The lowest BCUT2D eigenvalue weighted by atomic mass is 10.2. The number of anilines is 1. The topological polar surface area (TPSA) is 83.3 Å². The molecule has 0 saturated carbocycles. The van der Waals surface area contributed by atoms with Crippen molar-refractivity contribution in [2.45, 2.75) is 13.0 Å². The van der Waals surface area contributed by atoms with Crippen LogP contribution in [0.1, 0.15) is 5.82 Å². The molecule has 0 spiro atoms. The molecule has 134 valence electrons. The Morgan fingerprint density at radius 1 is 1.00 bits per heavy atom. The first kappa shape index (κ1) is 15.6. The van der Waals surface area contributed by atoms with Crippen LogP contribution < -0.4 is 10.5 Å². The highest BCUT2D eigenvalue weighted by atomic mass is 16.5. The number of ether oxygens (including phenoxy) is 1. The van der Waals surface area contributed by atoms with Gasteiger partial charge in [-0.25, -0.2) is 9.97 Å². The van der Waals surface area contributed by atoms with Gasteiger partial charge < -0.3 is 15.0 Å². The number of methoxy groups -OCH3 is 1. The molecule has 0 atom stereocenters. The highest BCUT2D eigenvalue weighted by Gasteiger charge is 2.14. The predicted octanol–water partition coefficient (Wildman–Crippen LogP) is 3.07. The summed E-state index contributed by atoms with van der Waals surface area (Å²) >= 11 is 0. The zero-order valence-corrected chi connectivity index (χ0v) is 14.8. The minimum absolute atomic E-state index is 0.299. The number of fused-ring (bicyclic) bond motifs is 4. The fraction of sp³-hybridized carbons (Fsp3) is 0.150. The Kier molecular flexibility index (Phi) is 3.46. The van der Waals surface area contributed by atoms with Gasteiger partial charge in [0, 0.05) is 30.7 Å². The molecule has 7 heteroatoms. The average Bonchev–Trinajstić information content (AvgIpc) is 3.30. The maximum atomic E-state index is 6.11. The van der Waals surface area contributed by atoms with E-state index in [4.69, 9.17) is 15.5 Å². The normalized spacial score (nSPS) is 11.6. The van der Waals surface area contributed by atoms with Crippen molar-refractivity contribution in [3.05, 3.63) is 60.7 Å². The molecular formula is C20H18N6O. The molecule has 3 aromatic heterocycles. The summed E-state index contributed by atoms with van der Waals surface area (Å²) in [5.41, 5.74) is 7.50. The summed E-state index contributed by atoms with van der Waals surface area (Å²) in [6, 6.07) is 14.0. The second-order valence-electron chi connectivity index (χ2n) is 6.46. The van der Waals surface area contributed by atoms with Gasteiger partial charge in [0.1, 0.15) is 11.3 Å². The SMILES string of the molecule is COc1cccc2c1nc(N)n1nc(CCn3cc4ccccc4c3)nc21. The summed E-state index contributed by atoms with van der Waals surface area (Å²) in [6.45, 7) is 0.792. The summed E-state index contributed by atoms with van der Waals surface area (Å²) in [6.07, 6.45) is 4.98. The van der Waals surface area contributed by atoms with Crippen LogP contribution in [-0.4, -0.2) is 31.3 Å². The molecule has 0 saturated heterocycles. The van der Waals surface area contributed by atoms with Gasteiger partial charge in [-0.05, 0) is 22.9 Å². The van der Waals surface area contributed by atoms with Crippen LogP contribution in [-0.2, 0) is 13.0 Å². The second-order valence-corrected chi connectivity index (χ2v) is 6.46. The Morgan fingerprint density at radius 3 is 2.52 bits per heavy atom. The number of aryl methyl sites for hydroxylation is 2. The van der Waals surface area contributed by atoms with Crippen LogP contribution in [0, 0.1) is 0 Å². The molecule has 27 heavy (non-hydrogen) atoms. The minimum atomic E-state index is 0.299. The van der Waals surface area contributed by atoms with Crippen molar-refractivity contribution < 1.29 is 4.74 Å². The average molecular weight is 358 g/mol. The molecule has 0 fully saturated rings. The summed E-state index contributed by atoms with van der Waals surface area (Å²) in [7, 11) is 1.62. The van der Waals surface area contributed by atoms with Gasteiger partial charge in [-0.15, -0.1) is 5.10 Å². The largest absolute Gasteiger partial charge is 0.494 e. The number of rotatable bonds is 4. The first-order valence-corrected chi connectivity index (χ1v) is 8.75. The van der Waals surface area contributed by atoms with Crippen molar-refractivity contribution in [1.29, 1.82) is 0 Å². The van der Waals surface area contributed by atoms with Gasteiger partial charge in [0.05, 0.1) is 7.11 Å². The second kappa shape index (κ2) is 5.98. The maximum absolute atomic E-state index is 6.11. The van der Waals surface area contributed by atoms with Crippen LogP contribution in [0.25, 0.3) is 27.3 Å². The first-order valence-electron chi connectivity index (χ1n) is 8.75. The number of hydrogen-bond acceptors (Lipinski definition) is 5. The highest BCUT2D eigenvalue weighted by molar-refractivity contribution is 5.95. The molecule has 0 aliphatic carbocycles. The van der Waals surface area contributed by atoms with Crippen LogP contribution in [0.15, 0.2) is 54.9 Å². The fourth-order valence-corrected chi connectivity index (χ4v) is 3.44. The van der Waals surface area contributed by atoms with E-state index in [1.54, 1.807) is 11.6 Å². The molecule has 0 aliphatic heterocycles. The van der Waals surface area contributed by atoms with Crippen molar-refractivity contribution in [2.24, 2.45) is 0 Å². The maximum Gasteiger partial charge on any atom is 0.223 e. The Bertz CT molecular complexity index is 1250. The van der Waals surface area contributed by atoms with E-state index in [1.807, 2.05) is 30.3 Å². The molecule has 5 rings (SSSR count). The van der Waals surface area contributed by atoms with Crippen LogP contribution in [0.5, 0.6) is 5.75 Å². The Balaban J connectivity index is 1.52. The molecular weight excluding hydrogens is 340 g/mol. The first-order chi connectivity index (χ1) is 13.2. The molecule has 5 aromatic rings. The Morgan fingerprint density at radius 2 is 1.78 bits per heavy atom. The Labute approximate surface area is 155 Å². The van der Waals surface area contributed by atoms with Gasteiger partial charge >= 0.3 is 0 Å². The molecule has 0 radical (unpaired) electrons. The lowest BCUT2D eigenvalue weighted by Gasteiger charge is -2.06. The van der Waals surface area contributed by atoms with Crippen molar-refractivity contribution in [3.8, 4) is 5.75 Å². The van der Waals surface area contributed by atoms with Gasteiger partial charge in [-0.1, -0.05) is 30.3 Å². The fourth-order valence-electron chi connectivity index (χ4n) is 3.44. The van der Waals surface area contributed by atoms with E-state index in [0.717, 1.165) is 17.8 Å². The number of nitrogens with two attached hydrogens (primary N) is 1. The van der Waals surface area contributed by atoms with E-state index in [2.05, 4.69) is 39.2 Å². The predicted molar refractivity (Wildman–Crippen MR) is 105 cm³/mol. The number of nitrogen functional groups attached to an aromatic ring is 1. The van der Waals surface area contributed by atoms with Crippen molar-refractivity contribution >= 4 is 33.3 Å². The van der Waals surface area contributed by atoms with E-state index >= 15 is 0 Å². The summed E-state index contributed by atoms with van der Waals surface area (Å²) in [5, 5.41) is 7.88. The van der Waals surface area contributed by atoms with Crippen LogP contribution in [0.2, 0.25) is 0 Å². The molecule has 7 nitrogen and oxygen atoms in total. The quantitative estimate of drug-likeness (QED) is 0.534. The van der Waals surface area contributed by atoms with Gasteiger partial charge in [0.2, 0.25) is 5.95 Å². The smallest absolute Gasteiger partial charge is 0.223 e. The summed E-state index contributed by atoms with van der Waals surface area (Å²) in [4.78, 5) is 9.15. The zero-order valence-electron chi connectivity index (χ0n) is 14.8. The Hall–Kier alpha value is -3.61. The van der Waals surface area contributed by atoms with E-state index in [9.17, 15) is 0 Å². The van der Waals surface area contributed by atoms with Crippen LogP contribution in [0.4, 0.5) is 5.95 Å². The molecule has 0 bridgehead atoms. The molecule has 2 N–H and O–H groups in total. The van der Waals surface area contributed by atoms with Crippen LogP contribution >= 0.6 is 0 Å². The van der Waals surface area contributed by atoms with E-state index < -0.39 is 0 Å². The van der Waals surface area contributed by atoms with Gasteiger partial charge in [0.25, 0.3) is 0 Å². The highest BCUT2D eigenvalue weighted by Crippen LogP contribution is 2.27. The molecule has 3 heterocycles. The monoisotopic (exact) mass is 358 g/mol. The standard InChI is InChI=1S/C20H18N6O/c1-27-16-8-4-7-15-18(16)23-20(21)26-19(15)22-17(24-26)9-10-25-11-13-5-2-3-6-14(13)12-25/h2-8,11-12H,9-10H2,1H3,(H2,21,23). The lowest BCUT2D eigenvalue weighted by Crippen LogP contribution is -2.04. The number of benzene rings is 2. The van der Waals surface area contributed by atoms with E-state index in [1.165, 1.54) is 10.8 Å². The third kappa shape index (κ3) is 2.55. The number of nitrogens with zero attached hydrogens (tertiary/aromatic N) is 5. The van der Waals surface area contributed by atoms with Gasteiger partial charge in [-0.3, -0.25) is 0 Å². The molecule has 0 aliphatic rings. The number of aromatic nitrogens is 5. The van der Waals surface area contributed by atoms with E-state index in [-0.39, 0.29) is 0 Å². The molecule has 2 aromatic carbocycles. The number of para-hydroxylation sites is 1. The number of hydrogen-bond donors (Lipinski definition) is 1. The third-order valence-electron chi connectivity index (χ3n) is 4.75. The van der Waals surface area contributed by atoms with Crippen molar-refractivity contribution in [2.75, 3.05) is 12.8 Å². The zero-order chi connectivity index (χ0) is 18.4. The summed E-state index contributed by atoms with van der Waals surface area (Å²) < 4.78 is 9.16. The van der Waals surface area contributed by atoms with Crippen LogP contribution in [0.3, 0.4) is 0 Å². The summed E-state index contributed by atoms with van der Waals surface area (Å²) in [5.74, 6) is 1.70. The van der Waals surface area contributed by atoms with Crippen molar-refractivity contribution in [1.82, 2.24) is 24.1 Å². The minimum Gasteiger partial charge on any atom is -0.494 e. The third-order valence-corrected chi connectivity index (χ3v) is 4.75. The molecule has 0 amide bonds. The molecule has 0 unspecified atom stereocenters. The van der Waals surface area contributed by atoms with E-state index in [0.29, 0.717) is 29.3 Å². The van der Waals surface area contributed by atoms with Gasteiger partial charge in [-0.2, -0.15) is 4.52 Å². The van der Waals surface area contributed by atoms with Gasteiger partial charge in [0.15, 0.2) is 11.5 Å². The van der Waals surface area contributed by atoms with Crippen molar-refractivity contribution in [3.63, 3.8) is 0 Å².